The van der Waals surface area contributed by atoms with E-state index in [0.29, 0.717) is 5.92 Å². The summed E-state index contributed by atoms with van der Waals surface area (Å²) in [4.78, 5) is 11.1. The first kappa shape index (κ1) is 14.4. The monoisotopic (exact) mass is 262 g/mol. The molecule has 1 saturated carbocycles. The van der Waals surface area contributed by atoms with Crippen LogP contribution >= 0.6 is 0 Å². The highest BCUT2D eigenvalue weighted by molar-refractivity contribution is 5.66. The molecule has 0 aliphatic heterocycles. The molecular formula is C17H26O2. The molecule has 2 atom stereocenters. The third-order valence-corrected chi connectivity index (χ3v) is 3.98. The van der Waals surface area contributed by atoms with E-state index in [1.54, 1.807) is 5.57 Å². The van der Waals surface area contributed by atoms with Crippen LogP contribution in [0, 0.1) is 17.8 Å². The molecule has 106 valence electrons. The lowest BCUT2D eigenvalue weighted by molar-refractivity contribution is -0.149. The molecule has 0 unspecified atom stereocenters. The Morgan fingerprint density at radius 2 is 2.16 bits per heavy atom. The Bertz CT molecular complexity index is 427. The van der Waals surface area contributed by atoms with E-state index < -0.39 is 5.60 Å². The van der Waals surface area contributed by atoms with Gasteiger partial charge in [0.15, 0.2) is 0 Å². The van der Waals surface area contributed by atoms with Gasteiger partial charge in [-0.3, -0.25) is 4.79 Å². The van der Waals surface area contributed by atoms with Crippen molar-refractivity contribution in [2.24, 2.45) is 17.8 Å². The number of esters is 1. The summed E-state index contributed by atoms with van der Waals surface area (Å²) in [6, 6.07) is 0. The van der Waals surface area contributed by atoms with Crippen molar-refractivity contribution in [3.05, 3.63) is 23.3 Å². The number of carbonyl (C=O) groups is 1. The Kier molecular flexibility index (Phi) is 3.89. The van der Waals surface area contributed by atoms with Crippen molar-refractivity contribution in [2.75, 3.05) is 0 Å². The summed E-state index contributed by atoms with van der Waals surface area (Å²) in [5.41, 5.74) is 2.61. The fourth-order valence-corrected chi connectivity index (χ4v) is 3.49. The van der Waals surface area contributed by atoms with Crippen molar-refractivity contribution in [3.63, 3.8) is 0 Å². The number of carbonyl (C=O) groups excluding carboxylic acids is 1. The summed E-state index contributed by atoms with van der Waals surface area (Å²) < 4.78 is 5.35. The zero-order valence-corrected chi connectivity index (χ0v) is 12.8. The van der Waals surface area contributed by atoms with E-state index in [2.05, 4.69) is 26.0 Å². The summed E-state index contributed by atoms with van der Waals surface area (Å²) >= 11 is 0. The highest BCUT2D eigenvalue weighted by Gasteiger charge is 2.40. The maximum Gasteiger partial charge on any atom is 0.303 e. The molecule has 0 aromatic rings. The molecule has 0 heterocycles. The number of ether oxygens (including phenoxy) is 1. The van der Waals surface area contributed by atoms with Crippen molar-refractivity contribution >= 4 is 5.97 Å². The van der Waals surface area contributed by atoms with Gasteiger partial charge in [0, 0.05) is 12.8 Å². The molecule has 0 N–H and O–H groups in total. The summed E-state index contributed by atoms with van der Waals surface area (Å²) in [5.74, 6) is 1.96. The lowest BCUT2D eigenvalue weighted by Crippen LogP contribution is -2.30. The molecule has 0 spiro atoms. The largest absolute Gasteiger partial charge is 0.456 e. The average molecular weight is 262 g/mol. The number of fused-ring (bicyclic) bond motifs is 1. The molecule has 2 nitrogen and oxygen atoms in total. The van der Waals surface area contributed by atoms with Gasteiger partial charge in [0.1, 0.15) is 5.60 Å². The average Bonchev–Trinajstić information content (AvgIpc) is 2.50. The van der Waals surface area contributed by atoms with Gasteiger partial charge in [0.05, 0.1) is 0 Å². The fraction of sp³-hybridized carbons (Fsp3) is 0.706. The molecule has 1 fully saturated rings. The first-order valence-corrected chi connectivity index (χ1v) is 7.37. The first-order chi connectivity index (χ1) is 8.77. The Morgan fingerprint density at radius 3 is 2.74 bits per heavy atom. The SMILES string of the molecule is CC(=O)OC(C)(C)C=C1C[C@@H]2CC(CC(C)C)=C[C@H]12. The van der Waals surface area contributed by atoms with E-state index in [1.807, 2.05) is 13.8 Å². The second kappa shape index (κ2) is 5.15. The summed E-state index contributed by atoms with van der Waals surface area (Å²) in [7, 11) is 0. The Morgan fingerprint density at radius 1 is 1.47 bits per heavy atom. The predicted octanol–water partition coefficient (Wildman–Crippen LogP) is 4.27. The van der Waals surface area contributed by atoms with Crippen LogP contribution in [-0.2, 0) is 9.53 Å². The topological polar surface area (TPSA) is 26.3 Å². The van der Waals surface area contributed by atoms with Gasteiger partial charge in [-0.15, -0.1) is 0 Å². The molecule has 2 aliphatic rings. The van der Waals surface area contributed by atoms with Gasteiger partial charge in [0.25, 0.3) is 0 Å². The highest BCUT2D eigenvalue weighted by atomic mass is 16.6. The Hall–Kier alpha value is -1.05. The van der Waals surface area contributed by atoms with E-state index in [1.165, 1.54) is 31.8 Å². The van der Waals surface area contributed by atoms with Gasteiger partial charge < -0.3 is 4.74 Å². The van der Waals surface area contributed by atoms with Crippen molar-refractivity contribution in [1.29, 1.82) is 0 Å². The van der Waals surface area contributed by atoms with Crippen LogP contribution in [0.1, 0.15) is 53.9 Å². The second-order valence-electron chi connectivity index (χ2n) is 7.03. The van der Waals surface area contributed by atoms with E-state index in [-0.39, 0.29) is 5.97 Å². The zero-order valence-electron chi connectivity index (χ0n) is 12.8. The van der Waals surface area contributed by atoms with Crippen LogP contribution in [0.15, 0.2) is 23.3 Å². The van der Waals surface area contributed by atoms with Crippen molar-refractivity contribution < 1.29 is 9.53 Å². The van der Waals surface area contributed by atoms with Gasteiger partial charge in [-0.05, 0) is 51.0 Å². The van der Waals surface area contributed by atoms with Gasteiger partial charge in [0.2, 0.25) is 0 Å². The van der Waals surface area contributed by atoms with E-state index in [4.69, 9.17) is 4.74 Å². The van der Waals surface area contributed by atoms with E-state index in [0.717, 1.165) is 11.8 Å². The van der Waals surface area contributed by atoms with Crippen LogP contribution in [-0.4, -0.2) is 11.6 Å². The quantitative estimate of drug-likeness (QED) is 0.559. The molecule has 2 heteroatoms. The molecule has 2 aliphatic carbocycles. The predicted molar refractivity (Wildman–Crippen MR) is 77.7 cm³/mol. The Labute approximate surface area is 116 Å². The molecule has 0 aromatic heterocycles. The number of hydrogen-bond acceptors (Lipinski definition) is 2. The molecular weight excluding hydrogens is 236 g/mol. The van der Waals surface area contributed by atoms with Gasteiger partial charge >= 0.3 is 5.97 Å². The standard InChI is InChI=1S/C17H26O2/c1-11(2)6-13-7-14-9-15(16(14)8-13)10-17(4,5)19-12(3)18/h8,10-11,14,16H,6-7,9H2,1-5H3/t14-,16-/m0/s1. The van der Waals surface area contributed by atoms with E-state index >= 15 is 0 Å². The van der Waals surface area contributed by atoms with Crippen LogP contribution in [0.25, 0.3) is 0 Å². The fourth-order valence-electron chi connectivity index (χ4n) is 3.49. The maximum atomic E-state index is 11.1. The first-order valence-electron chi connectivity index (χ1n) is 7.37. The van der Waals surface area contributed by atoms with Crippen LogP contribution in [0.3, 0.4) is 0 Å². The third-order valence-electron chi connectivity index (χ3n) is 3.98. The Balaban J connectivity index is 2.02. The molecule has 0 radical (unpaired) electrons. The summed E-state index contributed by atoms with van der Waals surface area (Å²) in [6.45, 7) is 9.95. The van der Waals surface area contributed by atoms with Crippen molar-refractivity contribution in [1.82, 2.24) is 0 Å². The van der Waals surface area contributed by atoms with Gasteiger partial charge in [-0.25, -0.2) is 0 Å². The van der Waals surface area contributed by atoms with Gasteiger partial charge in [-0.2, -0.15) is 0 Å². The van der Waals surface area contributed by atoms with Crippen molar-refractivity contribution in [2.45, 2.75) is 59.5 Å². The minimum absolute atomic E-state index is 0.208. The molecule has 0 aromatic carbocycles. The van der Waals surface area contributed by atoms with Crippen LogP contribution in [0.4, 0.5) is 0 Å². The highest BCUT2D eigenvalue weighted by Crippen LogP contribution is 2.51. The third kappa shape index (κ3) is 3.49. The van der Waals surface area contributed by atoms with Crippen LogP contribution in [0.5, 0.6) is 0 Å². The normalized spacial score (nSPS) is 28.1. The minimum atomic E-state index is -0.471. The molecule has 19 heavy (non-hydrogen) atoms. The minimum Gasteiger partial charge on any atom is -0.456 e. The number of hydrogen-bond donors (Lipinski definition) is 0. The van der Waals surface area contributed by atoms with E-state index in [9.17, 15) is 4.79 Å². The molecule has 2 rings (SSSR count). The lowest BCUT2D eigenvalue weighted by Gasteiger charge is -2.36. The summed E-state index contributed by atoms with van der Waals surface area (Å²) in [5, 5.41) is 0. The summed E-state index contributed by atoms with van der Waals surface area (Å²) in [6.07, 6.45) is 8.30. The van der Waals surface area contributed by atoms with Gasteiger partial charge in [-0.1, -0.05) is 31.1 Å². The molecule has 0 bridgehead atoms. The number of rotatable bonds is 4. The zero-order chi connectivity index (χ0) is 14.2. The maximum absolute atomic E-state index is 11.1. The second-order valence-corrected chi connectivity index (χ2v) is 7.03. The molecule has 0 saturated heterocycles. The van der Waals surface area contributed by atoms with Crippen molar-refractivity contribution in [3.8, 4) is 0 Å². The van der Waals surface area contributed by atoms with Crippen LogP contribution < -0.4 is 0 Å². The lowest BCUT2D eigenvalue weighted by atomic mass is 9.70. The van der Waals surface area contributed by atoms with Crippen LogP contribution in [0.2, 0.25) is 0 Å². The molecule has 0 amide bonds. The number of allylic oxidation sites excluding steroid dienone is 3. The smallest absolute Gasteiger partial charge is 0.303 e.